The summed E-state index contributed by atoms with van der Waals surface area (Å²) in [6.07, 6.45) is 1.38. The molecule has 0 bridgehead atoms. The van der Waals surface area contributed by atoms with E-state index in [0.717, 1.165) is 18.2 Å². The molecule has 0 radical (unpaired) electrons. The molecule has 0 fully saturated rings. The SMILES string of the molecule is [C-]#[N+]CCNc1nccc(C2=C(c3cc(Cl)cc(CS(=O)(=O)c4cc(F)ccc4F)c3F)C(=O)C(C)(C)O2)n1. The van der Waals surface area contributed by atoms with Crippen molar-refractivity contribution in [3.8, 4) is 0 Å². The van der Waals surface area contributed by atoms with Crippen LogP contribution in [0.2, 0.25) is 5.02 Å². The Labute approximate surface area is 227 Å². The molecule has 1 aliphatic rings. The number of hydrogen-bond donors (Lipinski definition) is 1. The van der Waals surface area contributed by atoms with Crippen LogP contribution in [0.15, 0.2) is 47.5 Å². The first-order valence-electron chi connectivity index (χ1n) is 11.4. The first kappa shape index (κ1) is 28.1. The van der Waals surface area contributed by atoms with Crippen LogP contribution in [0, 0.1) is 24.0 Å². The van der Waals surface area contributed by atoms with Crippen LogP contribution in [0.1, 0.15) is 30.7 Å². The van der Waals surface area contributed by atoms with Crippen LogP contribution in [0.25, 0.3) is 16.2 Å². The average Bonchev–Trinajstić information content (AvgIpc) is 3.11. The molecule has 13 heteroatoms. The van der Waals surface area contributed by atoms with Crippen molar-refractivity contribution in [3.63, 3.8) is 0 Å². The monoisotopic (exact) mass is 576 g/mol. The molecule has 1 aromatic heterocycles. The number of carbonyl (C=O) groups is 1. The highest BCUT2D eigenvalue weighted by atomic mass is 35.5. The van der Waals surface area contributed by atoms with Gasteiger partial charge in [0.15, 0.2) is 21.2 Å². The molecule has 0 saturated carbocycles. The van der Waals surface area contributed by atoms with Gasteiger partial charge in [0.05, 0.1) is 17.9 Å². The van der Waals surface area contributed by atoms with Crippen molar-refractivity contribution in [1.29, 1.82) is 0 Å². The summed E-state index contributed by atoms with van der Waals surface area (Å²) in [4.78, 5) is 24.0. The number of ketones is 1. The standard InChI is InChI=1S/C26H20ClF3N4O4S/c1-26(2)24(35)21(23(38-26)19-6-7-32-25(34-19)33-9-8-31-3)17-11-15(27)10-14(22(17)30)13-39(36,37)20-12-16(28)4-5-18(20)29/h4-7,10-12H,8-9,13H2,1-2H3,(H,32,33,34). The summed E-state index contributed by atoms with van der Waals surface area (Å²) in [6, 6.07) is 5.53. The number of hydrogen-bond acceptors (Lipinski definition) is 7. The third kappa shape index (κ3) is 5.74. The summed E-state index contributed by atoms with van der Waals surface area (Å²) in [6.45, 7) is 10.2. The molecule has 0 amide bonds. The Morgan fingerprint density at radius 3 is 2.62 bits per heavy atom. The summed E-state index contributed by atoms with van der Waals surface area (Å²) in [5, 5.41) is 2.75. The Morgan fingerprint density at radius 1 is 1.15 bits per heavy atom. The Hall–Kier alpha value is -3.95. The number of Topliss-reactive ketones (excluding diaryl/α,β-unsaturated/α-hetero) is 1. The van der Waals surface area contributed by atoms with Gasteiger partial charge in [-0.3, -0.25) is 4.79 Å². The molecule has 3 aromatic rings. The molecule has 2 aromatic carbocycles. The number of nitrogens with zero attached hydrogens (tertiary/aromatic N) is 3. The molecule has 0 unspecified atom stereocenters. The van der Waals surface area contributed by atoms with Gasteiger partial charge in [0.1, 0.15) is 28.0 Å². The smallest absolute Gasteiger partial charge is 0.231 e. The van der Waals surface area contributed by atoms with Gasteiger partial charge in [0.25, 0.3) is 0 Å². The fraction of sp³-hybridized carbons (Fsp3) is 0.231. The zero-order valence-electron chi connectivity index (χ0n) is 20.6. The minimum atomic E-state index is -4.56. The van der Waals surface area contributed by atoms with Crippen molar-refractivity contribution in [2.75, 3.05) is 18.4 Å². The molecule has 2 heterocycles. The molecular formula is C26H20ClF3N4O4S. The number of anilines is 1. The van der Waals surface area contributed by atoms with Crippen LogP contribution >= 0.6 is 11.6 Å². The molecule has 1 aliphatic heterocycles. The number of ether oxygens (including phenoxy) is 1. The fourth-order valence-corrected chi connectivity index (χ4v) is 5.58. The summed E-state index contributed by atoms with van der Waals surface area (Å²) in [5.41, 5.74) is -2.35. The minimum absolute atomic E-state index is 0.0909. The van der Waals surface area contributed by atoms with Crippen LogP contribution in [0.3, 0.4) is 0 Å². The van der Waals surface area contributed by atoms with E-state index >= 15 is 4.39 Å². The third-order valence-electron chi connectivity index (χ3n) is 5.71. The number of sulfone groups is 1. The number of rotatable bonds is 8. The van der Waals surface area contributed by atoms with E-state index in [1.54, 1.807) is 0 Å². The lowest BCUT2D eigenvalue weighted by Crippen LogP contribution is -2.29. The van der Waals surface area contributed by atoms with Crippen molar-refractivity contribution in [3.05, 3.63) is 93.3 Å². The minimum Gasteiger partial charge on any atom is -0.477 e. The Bertz CT molecular complexity index is 1670. The van der Waals surface area contributed by atoms with E-state index in [-0.39, 0.29) is 46.7 Å². The van der Waals surface area contributed by atoms with E-state index in [9.17, 15) is 22.0 Å². The highest BCUT2D eigenvalue weighted by Crippen LogP contribution is 2.43. The van der Waals surface area contributed by atoms with Crippen molar-refractivity contribution in [1.82, 2.24) is 9.97 Å². The number of nitrogens with one attached hydrogen (secondary N) is 1. The van der Waals surface area contributed by atoms with E-state index in [1.807, 2.05) is 0 Å². The lowest BCUT2D eigenvalue weighted by molar-refractivity contribution is -0.125. The molecule has 0 atom stereocenters. The predicted molar refractivity (Wildman–Crippen MR) is 138 cm³/mol. The highest BCUT2D eigenvalue weighted by molar-refractivity contribution is 7.90. The van der Waals surface area contributed by atoms with E-state index in [0.29, 0.717) is 12.1 Å². The highest BCUT2D eigenvalue weighted by Gasteiger charge is 2.44. The van der Waals surface area contributed by atoms with Gasteiger partial charge < -0.3 is 14.9 Å². The van der Waals surface area contributed by atoms with Gasteiger partial charge in [-0.2, -0.15) is 0 Å². The molecule has 4 rings (SSSR count). The first-order chi connectivity index (χ1) is 18.3. The van der Waals surface area contributed by atoms with Gasteiger partial charge in [-0.25, -0.2) is 38.1 Å². The molecule has 202 valence electrons. The van der Waals surface area contributed by atoms with Gasteiger partial charge in [-0.05, 0) is 50.2 Å². The van der Waals surface area contributed by atoms with Gasteiger partial charge in [-0.1, -0.05) is 11.6 Å². The second-order valence-corrected chi connectivity index (χ2v) is 11.4. The first-order valence-corrected chi connectivity index (χ1v) is 13.4. The second-order valence-electron chi connectivity index (χ2n) is 8.98. The molecule has 39 heavy (non-hydrogen) atoms. The van der Waals surface area contributed by atoms with Crippen LogP contribution in [-0.2, 0) is 25.1 Å². The van der Waals surface area contributed by atoms with Crippen LogP contribution < -0.4 is 5.32 Å². The summed E-state index contributed by atoms with van der Waals surface area (Å²) >= 11 is 6.21. The largest absolute Gasteiger partial charge is 0.477 e. The zero-order chi connectivity index (χ0) is 28.5. The molecule has 0 spiro atoms. The van der Waals surface area contributed by atoms with Crippen LogP contribution in [-0.4, -0.2) is 42.9 Å². The fourth-order valence-electron chi connectivity index (χ4n) is 3.91. The molecule has 0 saturated heterocycles. The quantitative estimate of drug-likeness (QED) is 0.294. The summed E-state index contributed by atoms with van der Waals surface area (Å²) in [7, 11) is -4.56. The topological polar surface area (TPSA) is 103 Å². The lowest BCUT2D eigenvalue weighted by atomic mass is 9.92. The number of halogens is 4. The maximum absolute atomic E-state index is 15.9. The molecule has 0 aliphatic carbocycles. The van der Waals surface area contributed by atoms with Crippen LogP contribution in [0.5, 0.6) is 0 Å². The third-order valence-corrected chi connectivity index (χ3v) is 7.60. The number of carbonyl (C=O) groups excluding carboxylic acids is 1. The molecule has 1 N–H and O–H groups in total. The second kappa shape index (κ2) is 10.7. The van der Waals surface area contributed by atoms with Gasteiger partial charge in [-0.15, -0.1) is 0 Å². The number of benzene rings is 2. The van der Waals surface area contributed by atoms with Crippen molar-refractivity contribution in [2.45, 2.75) is 30.1 Å². The maximum atomic E-state index is 15.9. The molecular weight excluding hydrogens is 557 g/mol. The maximum Gasteiger partial charge on any atom is 0.231 e. The van der Waals surface area contributed by atoms with Crippen molar-refractivity contribution >= 4 is 44.5 Å². The lowest BCUT2D eigenvalue weighted by Gasteiger charge is -2.17. The average molecular weight is 577 g/mol. The Kier molecular flexibility index (Phi) is 7.68. The van der Waals surface area contributed by atoms with Crippen molar-refractivity contribution in [2.24, 2.45) is 0 Å². The van der Waals surface area contributed by atoms with Gasteiger partial charge >= 0.3 is 0 Å². The van der Waals surface area contributed by atoms with Gasteiger partial charge in [0, 0.05) is 22.3 Å². The predicted octanol–water partition coefficient (Wildman–Crippen LogP) is 5.10. The van der Waals surface area contributed by atoms with Gasteiger partial charge in [0.2, 0.25) is 18.3 Å². The Balaban J connectivity index is 1.84. The number of aromatic nitrogens is 2. The summed E-state index contributed by atoms with van der Waals surface area (Å²) < 4.78 is 75.5. The van der Waals surface area contributed by atoms with E-state index in [2.05, 4.69) is 20.1 Å². The van der Waals surface area contributed by atoms with E-state index in [4.69, 9.17) is 22.9 Å². The Morgan fingerprint density at radius 2 is 1.90 bits per heavy atom. The zero-order valence-corrected chi connectivity index (χ0v) is 22.1. The molecule has 8 nitrogen and oxygen atoms in total. The van der Waals surface area contributed by atoms with E-state index in [1.165, 1.54) is 26.1 Å². The van der Waals surface area contributed by atoms with Crippen molar-refractivity contribution < 1.29 is 31.1 Å². The summed E-state index contributed by atoms with van der Waals surface area (Å²) in [5.74, 6) is -4.92. The van der Waals surface area contributed by atoms with E-state index < -0.39 is 54.9 Å². The van der Waals surface area contributed by atoms with Crippen LogP contribution in [0.4, 0.5) is 19.1 Å². The normalized spacial score (nSPS) is 14.7.